The maximum absolute atomic E-state index is 12.1. The van der Waals surface area contributed by atoms with Gasteiger partial charge in [-0.1, -0.05) is 24.3 Å². The topological polar surface area (TPSA) is 77.8 Å². The third-order valence-corrected chi connectivity index (χ3v) is 3.67. The first-order valence-electron chi connectivity index (χ1n) is 7.18. The van der Waals surface area contributed by atoms with Crippen LogP contribution in [0, 0.1) is 6.92 Å². The molecule has 1 aromatic heterocycles. The van der Waals surface area contributed by atoms with Gasteiger partial charge in [0.2, 0.25) is 0 Å². The largest absolute Gasteiger partial charge is 0.352 e. The molecule has 3 aromatic rings. The molecule has 0 saturated heterocycles. The van der Waals surface area contributed by atoms with E-state index in [0.29, 0.717) is 18.5 Å². The fourth-order valence-corrected chi connectivity index (χ4v) is 2.48. The second-order valence-electron chi connectivity index (χ2n) is 5.28. The Bertz CT molecular complexity index is 877. The number of aryl methyl sites for hydroxylation is 1. The molecule has 1 amide bonds. The minimum absolute atomic E-state index is 0.0609. The fraction of sp³-hybridized carbons (Fsp3) is 0.176. The molecule has 0 atom stereocenters. The van der Waals surface area contributed by atoms with Gasteiger partial charge in [-0.2, -0.15) is 0 Å². The Balaban J connectivity index is 1.63. The Morgan fingerprint density at radius 1 is 1.09 bits per heavy atom. The van der Waals surface area contributed by atoms with Gasteiger partial charge in [-0.15, -0.1) is 0 Å². The molecule has 0 saturated carbocycles. The molecule has 0 spiro atoms. The number of fused-ring (bicyclic) bond motifs is 1. The fourth-order valence-electron chi connectivity index (χ4n) is 2.48. The molecule has 3 N–H and O–H groups in total. The quantitative estimate of drug-likeness (QED) is 0.689. The van der Waals surface area contributed by atoms with Crippen LogP contribution in [0.4, 0.5) is 0 Å². The number of benzene rings is 2. The minimum atomic E-state index is -0.208. The van der Waals surface area contributed by atoms with Crippen LogP contribution in [0.2, 0.25) is 0 Å². The van der Waals surface area contributed by atoms with E-state index in [2.05, 4.69) is 15.3 Å². The summed E-state index contributed by atoms with van der Waals surface area (Å²) in [5.41, 5.74) is 4.09. The van der Waals surface area contributed by atoms with E-state index in [9.17, 15) is 9.59 Å². The Labute approximate surface area is 127 Å². The number of nitrogens with one attached hydrogen (secondary N) is 3. The molecule has 0 fully saturated rings. The zero-order valence-electron chi connectivity index (χ0n) is 12.3. The Kier molecular flexibility index (Phi) is 3.78. The van der Waals surface area contributed by atoms with E-state index in [1.807, 2.05) is 49.4 Å². The maximum Gasteiger partial charge on any atom is 0.323 e. The zero-order chi connectivity index (χ0) is 15.5. The first-order chi connectivity index (χ1) is 10.6. The second-order valence-corrected chi connectivity index (χ2v) is 5.28. The van der Waals surface area contributed by atoms with E-state index in [4.69, 9.17) is 0 Å². The molecule has 5 nitrogen and oxygen atoms in total. The second kappa shape index (κ2) is 5.89. The van der Waals surface area contributed by atoms with Crippen LogP contribution in [-0.4, -0.2) is 22.4 Å². The van der Waals surface area contributed by atoms with Gasteiger partial charge >= 0.3 is 5.69 Å². The third-order valence-electron chi connectivity index (χ3n) is 3.67. The van der Waals surface area contributed by atoms with Crippen molar-refractivity contribution in [2.45, 2.75) is 13.3 Å². The van der Waals surface area contributed by atoms with E-state index in [1.165, 1.54) is 0 Å². The zero-order valence-corrected chi connectivity index (χ0v) is 12.3. The summed E-state index contributed by atoms with van der Waals surface area (Å²) in [6, 6.07) is 13.3. The van der Waals surface area contributed by atoms with Crippen molar-refractivity contribution < 1.29 is 4.79 Å². The van der Waals surface area contributed by atoms with Crippen molar-refractivity contribution in [1.82, 2.24) is 15.3 Å². The van der Waals surface area contributed by atoms with Crippen LogP contribution in [0.5, 0.6) is 0 Å². The monoisotopic (exact) mass is 295 g/mol. The molecular formula is C17H17N3O2. The normalized spacial score (nSPS) is 10.8. The first kappa shape index (κ1) is 14.1. The van der Waals surface area contributed by atoms with Crippen molar-refractivity contribution >= 4 is 16.9 Å². The SMILES string of the molecule is Cc1ccccc1C(=O)NCCc1ccc2[nH]c(=O)[nH]c2c1. The lowest BCUT2D eigenvalue weighted by Crippen LogP contribution is -2.26. The van der Waals surface area contributed by atoms with Gasteiger partial charge in [-0.25, -0.2) is 4.79 Å². The van der Waals surface area contributed by atoms with E-state index >= 15 is 0 Å². The van der Waals surface area contributed by atoms with Gasteiger partial charge in [0.05, 0.1) is 11.0 Å². The molecule has 112 valence electrons. The minimum Gasteiger partial charge on any atom is -0.352 e. The molecule has 0 aliphatic rings. The van der Waals surface area contributed by atoms with Crippen molar-refractivity contribution in [1.29, 1.82) is 0 Å². The van der Waals surface area contributed by atoms with Crippen LogP contribution >= 0.6 is 0 Å². The van der Waals surface area contributed by atoms with Crippen molar-refractivity contribution in [3.63, 3.8) is 0 Å². The third kappa shape index (κ3) is 2.93. The molecule has 0 aliphatic heterocycles. The highest BCUT2D eigenvalue weighted by atomic mass is 16.1. The van der Waals surface area contributed by atoms with Crippen LogP contribution in [0.25, 0.3) is 11.0 Å². The van der Waals surface area contributed by atoms with Crippen molar-refractivity contribution in [3.8, 4) is 0 Å². The van der Waals surface area contributed by atoms with Crippen LogP contribution in [0.1, 0.15) is 21.5 Å². The number of hydrogen-bond donors (Lipinski definition) is 3. The molecule has 5 heteroatoms. The number of aromatic nitrogens is 2. The number of amides is 1. The summed E-state index contributed by atoms with van der Waals surface area (Å²) in [6.45, 7) is 2.47. The van der Waals surface area contributed by atoms with Gasteiger partial charge in [0.25, 0.3) is 5.91 Å². The molecule has 3 rings (SSSR count). The summed E-state index contributed by atoms with van der Waals surface area (Å²) in [5.74, 6) is -0.0609. The van der Waals surface area contributed by atoms with Crippen LogP contribution in [0.3, 0.4) is 0 Å². The van der Waals surface area contributed by atoms with Gasteiger partial charge in [-0.05, 0) is 42.7 Å². The molecule has 22 heavy (non-hydrogen) atoms. The summed E-state index contributed by atoms with van der Waals surface area (Å²) in [5, 5.41) is 2.92. The Morgan fingerprint density at radius 2 is 1.86 bits per heavy atom. The summed E-state index contributed by atoms with van der Waals surface area (Å²) >= 11 is 0. The number of aromatic amines is 2. The Morgan fingerprint density at radius 3 is 2.68 bits per heavy atom. The van der Waals surface area contributed by atoms with Crippen molar-refractivity contribution in [2.75, 3.05) is 6.54 Å². The van der Waals surface area contributed by atoms with Gasteiger partial charge < -0.3 is 15.3 Å². The highest BCUT2D eigenvalue weighted by Crippen LogP contribution is 2.11. The summed E-state index contributed by atoms with van der Waals surface area (Å²) in [4.78, 5) is 28.8. The van der Waals surface area contributed by atoms with E-state index < -0.39 is 0 Å². The van der Waals surface area contributed by atoms with Crippen LogP contribution in [0.15, 0.2) is 47.3 Å². The highest BCUT2D eigenvalue weighted by molar-refractivity contribution is 5.95. The lowest BCUT2D eigenvalue weighted by Gasteiger charge is -2.07. The summed E-state index contributed by atoms with van der Waals surface area (Å²) in [6.07, 6.45) is 0.709. The van der Waals surface area contributed by atoms with E-state index in [1.54, 1.807) is 0 Å². The van der Waals surface area contributed by atoms with E-state index in [0.717, 1.165) is 22.2 Å². The predicted molar refractivity (Wildman–Crippen MR) is 86.1 cm³/mol. The number of carbonyl (C=O) groups excluding carboxylic acids is 1. The first-order valence-corrected chi connectivity index (χ1v) is 7.18. The molecule has 2 aromatic carbocycles. The smallest absolute Gasteiger partial charge is 0.323 e. The molecule has 0 radical (unpaired) electrons. The predicted octanol–water partition coefficient (Wildman–Crippen LogP) is 2.14. The summed E-state index contributed by atoms with van der Waals surface area (Å²) in [7, 11) is 0. The number of carbonyl (C=O) groups is 1. The lowest BCUT2D eigenvalue weighted by atomic mass is 10.1. The van der Waals surface area contributed by atoms with E-state index in [-0.39, 0.29) is 11.6 Å². The number of imidazole rings is 1. The lowest BCUT2D eigenvalue weighted by molar-refractivity contribution is 0.0953. The molecule has 0 bridgehead atoms. The molecule has 1 heterocycles. The van der Waals surface area contributed by atoms with Gasteiger partial charge in [0.15, 0.2) is 0 Å². The van der Waals surface area contributed by atoms with Crippen LogP contribution < -0.4 is 11.0 Å². The van der Waals surface area contributed by atoms with Gasteiger partial charge in [0, 0.05) is 12.1 Å². The summed E-state index contributed by atoms with van der Waals surface area (Å²) < 4.78 is 0. The number of rotatable bonds is 4. The molecule has 0 aliphatic carbocycles. The van der Waals surface area contributed by atoms with Crippen molar-refractivity contribution in [3.05, 3.63) is 69.6 Å². The molecule has 0 unspecified atom stereocenters. The number of hydrogen-bond acceptors (Lipinski definition) is 2. The van der Waals surface area contributed by atoms with Gasteiger partial charge in [-0.3, -0.25) is 4.79 Å². The van der Waals surface area contributed by atoms with Crippen molar-refractivity contribution in [2.24, 2.45) is 0 Å². The number of H-pyrrole nitrogens is 2. The highest BCUT2D eigenvalue weighted by Gasteiger charge is 2.07. The Hall–Kier alpha value is -2.82. The average molecular weight is 295 g/mol. The maximum atomic E-state index is 12.1. The average Bonchev–Trinajstić information content (AvgIpc) is 2.87. The van der Waals surface area contributed by atoms with Gasteiger partial charge in [0.1, 0.15) is 0 Å². The standard InChI is InChI=1S/C17H17N3O2/c1-11-4-2-3-5-13(11)16(21)18-9-8-12-6-7-14-15(10-12)20-17(22)19-14/h2-7,10H,8-9H2,1H3,(H,18,21)(H2,19,20,22). The molecular weight excluding hydrogens is 278 g/mol. The van der Waals surface area contributed by atoms with Crippen LogP contribution in [-0.2, 0) is 6.42 Å².